The van der Waals surface area contributed by atoms with Crippen LogP contribution in [0.3, 0.4) is 0 Å². The normalized spacial score (nSPS) is 11.6. The summed E-state index contributed by atoms with van der Waals surface area (Å²) < 4.78 is 5.12. The van der Waals surface area contributed by atoms with Gasteiger partial charge < -0.3 is 25.2 Å². The maximum absolute atomic E-state index is 12.2. The summed E-state index contributed by atoms with van der Waals surface area (Å²) in [6, 6.07) is 15.1. The fraction of sp³-hybridized carbons (Fsp3) is 0.333. The summed E-state index contributed by atoms with van der Waals surface area (Å²) in [5.74, 6) is -0.765. The lowest BCUT2D eigenvalue weighted by molar-refractivity contribution is -0.890. The Morgan fingerprint density at radius 1 is 1.07 bits per heavy atom. The average molecular weight is 385 g/mol. The highest BCUT2D eigenvalue weighted by molar-refractivity contribution is 6.39. The fourth-order valence-corrected chi connectivity index (χ4v) is 2.82. The largest absolute Gasteiger partial charge is 0.497 e. The van der Waals surface area contributed by atoms with Gasteiger partial charge in [-0.25, -0.2) is 0 Å². The number of methoxy groups -OCH3 is 1. The van der Waals surface area contributed by atoms with Crippen LogP contribution in [0.2, 0.25) is 0 Å². The number of nitrogens with one attached hydrogen (secondary N) is 3. The Morgan fingerprint density at radius 3 is 2.32 bits per heavy atom. The lowest BCUT2D eigenvalue weighted by Gasteiger charge is -2.23. The molecule has 28 heavy (non-hydrogen) atoms. The Balaban J connectivity index is 1.98. The fourth-order valence-electron chi connectivity index (χ4n) is 2.82. The molecule has 0 fully saturated rings. The Labute approximate surface area is 166 Å². The highest BCUT2D eigenvalue weighted by atomic mass is 16.5. The van der Waals surface area contributed by atoms with Crippen molar-refractivity contribution in [1.29, 1.82) is 0 Å². The predicted octanol–water partition coefficient (Wildman–Crippen LogP) is 0.702. The molecule has 0 saturated carbocycles. The molecular formula is C21H29N4O3+. The average Bonchev–Trinajstić information content (AvgIpc) is 2.68. The molecule has 7 nitrogen and oxygen atoms in total. The number of carbonyl (C=O) groups is 2. The van der Waals surface area contributed by atoms with Gasteiger partial charge in [-0.2, -0.15) is 0 Å². The van der Waals surface area contributed by atoms with Crippen LogP contribution in [0.25, 0.3) is 0 Å². The molecule has 0 aliphatic rings. The minimum Gasteiger partial charge on any atom is -0.497 e. The Morgan fingerprint density at radius 2 is 1.75 bits per heavy atom. The van der Waals surface area contributed by atoms with Gasteiger partial charge in [0.1, 0.15) is 11.8 Å². The molecule has 0 unspecified atom stereocenters. The number of hydrogen-bond acceptors (Lipinski definition) is 4. The van der Waals surface area contributed by atoms with Gasteiger partial charge >= 0.3 is 11.8 Å². The monoisotopic (exact) mass is 385 g/mol. The van der Waals surface area contributed by atoms with Crippen molar-refractivity contribution in [2.45, 2.75) is 6.04 Å². The number of nitrogens with zero attached hydrogens (tertiary/aromatic N) is 1. The molecule has 2 amide bonds. The van der Waals surface area contributed by atoms with Crippen molar-refractivity contribution < 1.29 is 19.2 Å². The zero-order valence-electron chi connectivity index (χ0n) is 17.1. The molecule has 0 bridgehead atoms. The summed E-state index contributed by atoms with van der Waals surface area (Å²) in [5, 5.41) is 5.32. The molecule has 0 aliphatic carbocycles. The van der Waals surface area contributed by atoms with Gasteiger partial charge in [0.25, 0.3) is 0 Å². The summed E-state index contributed by atoms with van der Waals surface area (Å²) in [7, 11) is 9.57. The molecule has 0 radical (unpaired) electrons. The number of benzene rings is 2. The smallest absolute Gasteiger partial charge is 0.313 e. The maximum Gasteiger partial charge on any atom is 0.313 e. The molecule has 0 saturated heterocycles. The molecule has 150 valence electrons. The second-order valence-electron chi connectivity index (χ2n) is 7.01. The summed E-state index contributed by atoms with van der Waals surface area (Å²) in [5.41, 5.74) is 2.71. The van der Waals surface area contributed by atoms with E-state index < -0.39 is 11.8 Å². The van der Waals surface area contributed by atoms with E-state index in [0.717, 1.165) is 16.2 Å². The third-order valence-electron chi connectivity index (χ3n) is 4.51. The van der Waals surface area contributed by atoms with Gasteiger partial charge in [-0.3, -0.25) is 9.59 Å². The first-order chi connectivity index (χ1) is 13.3. The van der Waals surface area contributed by atoms with Crippen molar-refractivity contribution in [2.24, 2.45) is 0 Å². The molecule has 2 aromatic rings. The first-order valence-corrected chi connectivity index (χ1v) is 9.12. The van der Waals surface area contributed by atoms with Crippen LogP contribution < -0.4 is 25.2 Å². The van der Waals surface area contributed by atoms with E-state index in [9.17, 15) is 9.59 Å². The second kappa shape index (κ2) is 9.75. The van der Waals surface area contributed by atoms with Crippen LogP contribution >= 0.6 is 0 Å². The molecule has 1 atom stereocenters. The predicted molar refractivity (Wildman–Crippen MR) is 111 cm³/mol. The van der Waals surface area contributed by atoms with Crippen molar-refractivity contribution in [1.82, 2.24) is 5.32 Å². The number of quaternary nitrogens is 1. The first-order valence-electron chi connectivity index (χ1n) is 9.12. The van der Waals surface area contributed by atoms with Crippen molar-refractivity contribution in [3.63, 3.8) is 0 Å². The first kappa shape index (κ1) is 21.2. The van der Waals surface area contributed by atoms with Crippen LogP contribution in [-0.2, 0) is 9.59 Å². The van der Waals surface area contributed by atoms with E-state index in [2.05, 4.69) is 22.8 Å². The molecule has 0 aromatic heterocycles. The minimum absolute atomic E-state index is 0.0322. The Bertz CT molecular complexity index is 804. The number of anilines is 2. The number of likely N-dealkylation sites (N-methyl/N-ethyl adjacent to an activating group) is 1. The van der Waals surface area contributed by atoms with Crippen LogP contribution in [0.4, 0.5) is 11.4 Å². The van der Waals surface area contributed by atoms with Crippen LogP contribution in [0.5, 0.6) is 5.75 Å². The number of hydrogen-bond donors (Lipinski definition) is 3. The van der Waals surface area contributed by atoms with Crippen molar-refractivity contribution in [2.75, 3.05) is 52.1 Å². The van der Waals surface area contributed by atoms with Crippen molar-refractivity contribution in [3.8, 4) is 5.75 Å². The summed E-state index contributed by atoms with van der Waals surface area (Å²) in [6.07, 6.45) is 0. The van der Waals surface area contributed by atoms with E-state index in [1.165, 1.54) is 0 Å². The van der Waals surface area contributed by atoms with Gasteiger partial charge in [-0.15, -0.1) is 0 Å². The molecular weight excluding hydrogens is 356 g/mol. The topological polar surface area (TPSA) is 75.1 Å². The van der Waals surface area contributed by atoms with E-state index in [4.69, 9.17) is 4.74 Å². The van der Waals surface area contributed by atoms with E-state index in [1.807, 2.05) is 45.2 Å². The molecule has 0 heterocycles. The molecule has 0 spiro atoms. The number of amides is 2. The van der Waals surface area contributed by atoms with Gasteiger partial charge in [0.2, 0.25) is 0 Å². The second-order valence-corrected chi connectivity index (χ2v) is 7.01. The van der Waals surface area contributed by atoms with Gasteiger partial charge in [0.15, 0.2) is 0 Å². The lowest BCUT2D eigenvalue weighted by atomic mass is 10.1. The van der Waals surface area contributed by atoms with E-state index >= 15 is 0 Å². The van der Waals surface area contributed by atoms with E-state index in [1.54, 1.807) is 31.4 Å². The number of ether oxygens (including phenoxy) is 1. The third kappa shape index (κ3) is 5.72. The standard InChI is InChI=1S/C21H28N4O3/c1-24(2)17-11-9-15(10-12-17)19(25(3)4)14-22-20(26)21(27)23-16-7-6-8-18(13-16)28-5/h6-13,19H,14H2,1-5H3,(H,22,26)(H,23,27)/p+1/t19-/m1/s1. The molecule has 0 aliphatic heterocycles. The van der Waals surface area contributed by atoms with Crippen LogP contribution in [0.15, 0.2) is 48.5 Å². The van der Waals surface area contributed by atoms with Crippen LogP contribution in [-0.4, -0.2) is 53.7 Å². The van der Waals surface area contributed by atoms with Gasteiger partial charge in [0.05, 0.1) is 27.7 Å². The van der Waals surface area contributed by atoms with Crippen LogP contribution in [0, 0.1) is 0 Å². The minimum atomic E-state index is -0.705. The Kier molecular flexibility index (Phi) is 7.40. The van der Waals surface area contributed by atoms with Crippen molar-refractivity contribution in [3.05, 3.63) is 54.1 Å². The summed E-state index contributed by atoms with van der Waals surface area (Å²) in [4.78, 5) is 27.6. The molecule has 3 N–H and O–H groups in total. The SMILES string of the molecule is COc1cccc(NC(=O)C(=O)NC[C@H](c2ccc(N(C)C)cc2)[NH+](C)C)c1. The van der Waals surface area contributed by atoms with E-state index in [-0.39, 0.29) is 6.04 Å². The zero-order chi connectivity index (χ0) is 20.7. The van der Waals surface area contributed by atoms with Crippen molar-refractivity contribution >= 4 is 23.2 Å². The zero-order valence-corrected chi connectivity index (χ0v) is 17.1. The highest BCUT2D eigenvalue weighted by Crippen LogP contribution is 2.17. The van der Waals surface area contributed by atoms with Gasteiger partial charge in [-0.1, -0.05) is 18.2 Å². The molecule has 7 heteroatoms. The number of rotatable bonds is 7. The quantitative estimate of drug-likeness (QED) is 0.614. The van der Waals surface area contributed by atoms with E-state index in [0.29, 0.717) is 18.0 Å². The number of carbonyl (C=O) groups excluding carboxylic acids is 2. The maximum atomic E-state index is 12.2. The van der Waals surface area contributed by atoms with Gasteiger partial charge in [0, 0.05) is 37.1 Å². The highest BCUT2D eigenvalue weighted by Gasteiger charge is 2.21. The third-order valence-corrected chi connectivity index (χ3v) is 4.51. The summed E-state index contributed by atoms with van der Waals surface area (Å²) >= 11 is 0. The lowest BCUT2D eigenvalue weighted by Crippen LogP contribution is -3.07. The summed E-state index contributed by atoms with van der Waals surface area (Å²) in [6.45, 7) is 0.355. The Hall–Kier alpha value is -3.06. The molecule has 2 rings (SSSR count). The van der Waals surface area contributed by atoms with Crippen LogP contribution in [0.1, 0.15) is 11.6 Å². The van der Waals surface area contributed by atoms with Gasteiger partial charge in [-0.05, 0) is 24.3 Å². The molecule has 2 aromatic carbocycles.